The number of aromatic nitrogens is 2. The second-order valence-corrected chi connectivity index (χ2v) is 7.54. The molecule has 0 bridgehead atoms. The summed E-state index contributed by atoms with van der Waals surface area (Å²) in [6, 6.07) is 10.3. The molecular formula is C21H27N3O2. The molecule has 1 aliphatic carbocycles. The van der Waals surface area contributed by atoms with Crippen LogP contribution in [0.4, 0.5) is 0 Å². The first-order valence-electron chi connectivity index (χ1n) is 9.64. The van der Waals surface area contributed by atoms with E-state index in [0.717, 1.165) is 41.9 Å². The number of hydrogen-bond acceptors (Lipinski definition) is 3. The third-order valence-electron chi connectivity index (χ3n) is 5.63. The molecule has 2 heterocycles. The average Bonchev–Trinajstić information content (AvgIpc) is 2.98. The molecule has 2 unspecified atom stereocenters. The smallest absolute Gasteiger partial charge is 0.254 e. The number of amides is 1. The van der Waals surface area contributed by atoms with Gasteiger partial charge in [0.2, 0.25) is 0 Å². The molecule has 1 saturated carbocycles. The number of nitrogens with zero attached hydrogens (tertiary/aromatic N) is 3. The van der Waals surface area contributed by atoms with E-state index >= 15 is 0 Å². The Morgan fingerprint density at radius 2 is 1.96 bits per heavy atom. The van der Waals surface area contributed by atoms with Crippen LogP contribution in [0.25, 0.3) is 0 Å². The Hall–Kier alpha value is -2.14. The Kier molecular flexibility index (Phi) is 4.81. The Bertz CT molecular complexity index is 779. The highest BCUT2D eigenvalue weighted by Crippen LogP contribution is 2.29. The minimum absolute atomic E-state index is 0.142. The quantitative estimate of drug-likeness (QED) is 0.850. The molecule has 1 aromatic carbocycles. The number of aryl methyl sites for hydroxylation is 2. The van der Waals surface area contributed by atoms with Crippen molar-refractivity contribution in [2.45, 2.75) is 58.2 Å². The van der Waals surface area contributed by atoms with Crippen molar-refractivity contribution in [1.82, 2.24) is 14.7 Å². The first-order valence-corrected chi connectivity index (χ1v) is 9.64. The maximum atomic E-state index is 13.0. The van der Waals surface area contributed by atoms with Crippen molar-refractivity contribution in [3.05, 3.63) is 52.8 Å². The van der Waals surface area contributed by atoms with Crippen LogP contribution in [0.2, 0.25) is 0 Å². The highest BCUT2D eigenvalue weighted by atomic mass is 16.5. The van der Waals surface area contributed by atoms with E-state index in [1.807, 2.05) is 40.8 Å². The third-order valence-corrected chi connectivity index (χ3v) is 5.63. The predicted molar refractivity (Wildman–Crippen MR) is 100 cm³/mol. The van der Waals surface area contributed by atoms with Gasteiger partial charge in [-0.25, -0.2) is 0 Å². The van der Waals surface area contributed by atoms with Gasteiger partial charge in [0.1, 0.15) is 0 Å². The summed E-state index contributed by atoms with van der Waals surface area (Å²) in [5, 5.41) is 4.51. The first-order chi connectivity index (χ1) is 12.6. The largest absolute Gasteiger partial charge is 0.374 e. The van der Waals surface area contributed by atoms with Crippen LogP contribution in [0, 0.1) is 13.8 Å². The van der Waals surface area contributed by atoms with E-state index in [4.69, 9.17) is 4.74 Å². The van der Waals surface area contributed by atoms with Crippen LogP contribution < -0.4 is 0 Å². The average molecular weight is 353 g/mol. The van der Waals surface area contributed by atoms with Gasteiger partial charge in [0.15, 0.2) is 0 Å². The second kappa shape index (κ2) is 7.23. The molecule has 2 aliphatic rings. The molecule has 1 aromatic heterocycles. The summed E-state index contributed by atoms with van der Waals surface area (Å²) < 4.78 is 7.89. The van der Waals surface area contributed by atoms with Crippen LogP contribution in [0.3, 0.4) is 0 Å². The lowest BCUT2D eigenvalue weighted by Gasteiger charge is -2.43. The number of rotatable bonds is 3. The van der Waals surface area contributed by atoms with Gasteiger partial charge in [0.25, 0.3) is 5.91 Å². The molecule has 0 spiro atoms. The van der Waals surface area contributed by atoms with Gasteiger partial charge < -0.3 is 9.64 Å². The minimum atomic E-state index is 0.142. The molecule has 26 heavy (non-hydrogen) atoms. The van der Waals surface area contributed by atoms with Gasteiger partial charge >= 0.3 is 0 Å². The first kappa shape index (κ1) is 17.3. The fourth-order valence-electron chi connectivity index (χ4n) is 4.28. The standard InChI is InChI=1S/C21H27N3O2/c1-15-13-16(2)24(22-15)14-17-7-9-18(10-8-17)21(25)23-11-12-26-20-6-4-3-5-19(20)23/h7-10,13,19-20H,3-6,11-12,14H2,1-2H3. The van der Waals surface area contributed by atoms with E-state index < -0.39 is 0 Å². The van der Waals surface area contributed by atoms with Crippen molar-refractivity contribution in [1.29, 1.82) is 0 Å². The fraction of sp³-hybridized carbons (Fsp3) is 0.524. The maximum absolute atomic E-state index is 13.0. The number of fused-ring (bicyclic) bond motifs is 1. The van der Waals surface area contributed by atoms with Crippen molar-refractivity contribution in [2.24, 2.45) is 0 Å². The molecule has 1 amide bonds. The Labute approximate surface area is 154 Å². The van der Waals surface area contributed by atoms with Crippen molar-refractivity contribution in [2.75, 3.05) is 13.2 Å². The highest BCUT2D eigenvalue weighted by molar-refractivity contribution is 5.94. The normalized spacial score (nSPS) is 22.9. The molecule has 4 rings (SSSR count). The number of benzene rings is 1. The zero-order valence-corrected chi connectivity index (χ0v) is 15.6. The van der Waals surface area contributed by atoms with Crippen molar-refractivity contribution < 1.29 is 9.53 Å². The number of ether oxygens (including phenoxy) is 1. The van der Waals surface area contributed by atoms with Crippen molar-refractivity contribution in [3.63, 3.8) is 0 Å². The van der Waals surface area contributed by atoms with E-state index in [1.165, 1.54) is 12.8 Å². The molecule has 138 valence electrons. The van der Waals surface area contributed by atoms with E-state index in [2.05, 4.69) is 18.1 Å². The summed E-state index contributed by atoms with van der Waals surface area (Å²) in [5.41, 5.74) is 4.11. The van der Waals surface area contributed by atoms with E-state index in [0.29, 0.717) is 13.2 Å². The summed E-state index contributed by atoms with van der Waals surface area (Å²) in [6.07, 6.45) is 4.77. The van der Waals surface area contributed by atoms with Gasteiger partial charge in [0.05, 0.1) is 31.0 Å². The van der Waals surface area contributed by atoms with Crippen molar-refractivity contribution >= 4 is 5.91 Å². The van der Waals surface area contributed by atoms with Gasteiger partial charge in [0, 0.05) is 17.8 Å². The van der Waals surface area contributed by atoms with Crippen LogP contribution in [-0.4, -0.2) is 45.9 Å². The zero-order valence-electron chi connectivity index (χ0n) is 15.6. The fourth-order valence-corrected chi connectivity index (χ4v) is 4.28. The van der Waals surface area contributed by atoms with Gasteiger partial charge in [-0.15, -0.1) is 0 Å². The number of hydrogen-bond donors (Lipinski definition) is 0. The number of morpholine rings is 1. The Balaban J connectivity index is 1.47. The van der Waals surface area contributed by atoms with E-state index in [1.54, 1.807) is 0 Å². The van der Waals surface area contributed by atoms with Gasteiger partial charge in [-0.3, -0.25) is 9.48 Å². The zero-order chi connectivity index (χ0) is 18.1. The summed E-state index contributed by atoms with van der Waals surface area (Å²) >= 11 is 0. The summed E-state index contributed by atoms with van der Waals surface area (Å²) in [7, 11) is 0. The summed E-state index contributed by atoms with van der Waals surface area (Å²) in [6.45, 7) is 6.16. The molecule has 1 aliphatic heterocycles. The van der Waals surface area contributed by atoms with Gasteiger partial charge in [-0.05, 0) is 50.5 Å². The third kappa shape index (κ3) is 3.40. The lowest BCUT2D eigenvalue weighted by atomic mass is 9.89. The predicted octanol–water partition coefficient (Wildman–Crippen LogP) is 3.33. The SMILES string of the molecule is Cc1cc(C)n(Cc2ccc(C(=O)N3CCOC4CCCCC43)cc2)n1. The van der Waals surface area contributed by atoms with Crippen LogP contribution in [0.5, 0.6) is 0 Å². The molecule has 5 nitrogen and oxygen atoms in total. The molecule has 2 atom stereocenters. The Morgan fingerprint density at radius 1 is 1.19 bits per heavy atom. The van der Waals surface area contributed by atoms with Gasteiger partial charge in [-0.1, -0.05) is 25.0 Å². The monoisotopic (exact) mass is 353 g/mol. The molecule has 0 radical (unpaired) electrons. The van der Waals surface area contributed by atoms with Gasteiger partial charge in [-0.2, -0.15) is 5.10 Å². The van der Waals surface area contributed by atoms with Crippen LogP contribution in [0.1, 0.15) is 53.0 Å². The summed E-state index contributed by atoms with van der Waals surface area (Å²) in [4.78, 5) is 15.1. The molecular weight excluding hydrogens is 326 g/mol. The molecule has 1 saturated heterocycles. The van der Waals surface area contributed by atoms with Crippen LogP contribution >= 0.6 is 0 Å². The Morgan fingerprint density at radius 3 is 2.69 bits per heavy atom. The second-order valence-electron chi connectivity index (χ2n) is 7.54. The lowest BCUT2D eigenvalue weighted by molar-refractivity contribution is -0.0752. The number of carbonyl (C=O) groups excluding carboxylic acids is 1. The molecule has 2 aromatic rings. The molecule has 0 N–H and O–H groups in total. The van der Waals surface area contributed by atoms with Crippen LogP contribution in [0.15, 0.2) is 30.3 Å². The van der Waals surface area contributed by atoms with E-state index in [9.17, 15) is 4.79 Å². The topological polar surface area (TPSA) is 47.4 Å². The van der Waals surface area contributed by atoms with Crippen molar-refractivity contribution in [3.8, 4) is 0 Å². The molecule has 2 fully saturated rings. The van der Waals surface area contributed by atoms with Crippen LogP contribution in [-0.2, 0) is 11.3 Å². The number of carbonyl (C=O) groups is 1. The minimum Gasteiger partial charge on any atom is -0.374 e. The van der Waals surface area contributed by atoms with E-state index in [-0.39, 0.29) is 18.1 Å². The highest BCUT2D eigenvalue weighted by Gasteiger charge is 2.36. The lowest BCUT2D eigenvalue weighted by Crippen LogP contribution is -2.54. The summed E-state index contributed by atoms with van der Waals surface area (Å²) in [5.74, 6) is 0.142. The maximum Gasteiger partial charge on any atom is 0.254 e. The molecule has 5 heteroatoms.